The number of carbonyl (C=O) groups excluding carboxylic acids is 4. The highest BCUT2D eigenvalue weighted by Crippen LogP contribution is 2.19. The van der Waals surface area contributed by atoms with Gasteiger partial charge in [0.2, 0.25) is 5.91 Å². The van der Waals surface area contributed by atoms with Crippen LogP contribution in [0.25, 0.3) is 11.4 Å². The Morgan fingerprint density at radius 1 is 0.976 bits per heavy atom. The van der Waals surface area contributed by atoms with Crippen LogP contribution in [0.1, 0.15) is 40.8 Å². The number of hydrogen-bond donors (Lipinski definition) is 3. The molecule has 1 saturated heterocycles. The maximum absolute atomic E-state index is 13.4. The number of amides is 4. The molecule has 14 nitrogen and oxygen atoms in total. The van der Waals surface area contributed by atoms with Gasteiger partial charge in [-0.15, -0.1) is 0 Å². The Bertz CT molecular complexity index is 1420. The van der Waals surface area contributed by atoms with Crippen molar-refractivity contribution in [2.24, 2.45) is 0 Å². The lowest BCUT2D eigenvalue weighted by atomic mass is 10.1. The Morgan fingerprint density at radius 3 is 2.33 bits per heavy atom. The highest BCUT2D eigenvalue weighted by molar-refractivity contribution is 6.03. The molecule has 0 bridgehead atoms. The second-order valence-corrected chi connectivity index (χ2v) is 9.23. The number of nitrogens with zero attached hydrogens (tertiary/aromatic N) is 4. The van der Waals surface area contributed by atoms with Gasteiger partial charge in [-0.05, 0) is 25.5 Å². The standard InChI is InChI=1S/C28H30N6O8/c1-2-41-28(40)34-14-12-33(13-15-34)27(39)19(10-11-23(35)36)30-25(37)20-17-22(32-26(38)21-9-6-16-42-21)31-24(29-20)18-7-4-3-5-8-18/h3-9,16-17,19H,2,10-15H2,1H3,(H,30,37)(H,35,36)(H,29,31,32,38). The van der Waals surface area contributed by atoms with E-state index in [1.54, 1.807) is 43.3 Å². The number of benzene rings is 1. The molecule has 1 aliphatic rings. The Labute approximate surface area is 240 Å². The molecule has 2 aromatic heterocycles. The summed E-state index contributed by atoms with van der Waals surface area (Å²) in [6.45, 7) is 2.76. The van der Waals surface area contributed by atoms with Gasteiger partial charge in [0.1, 0.15) is 17.6 Å². The number of aromatic nitrogens is 2. The van der Waals surface area contributed by atoms with Gasteiger partial charge in [-0.1, -0.05) is 30.3 Å². The molecule has 1 unspecified atom stereocenters. The molecule has 14 heteroatoms. The lowest BCUT2D eigenvalue weighted by Crippen LogP contribution is -2.56. The van der Waals surface area contributed by atoms with Crippen LogP contribution in [0.15, 0.2) is 59.2 Å². The number of rotatable bonds is 10. The van der Waals surface area contributed by atoms with Gasteiger partial charge in [0.25, 0.3) is 11.8 Å². The zero-order valence-corrected chi connectivity index (χ0v) is 22.8. The normalized spacial score (nSPS) is 13.6. The van der Waals surface area contributed by atoms with Crippen molar-refractivity contribution in [1.82, 2.24) is 25.1 Å². The lowest BCUT2D eigenvalue weighted by molar-refractivity contribution is -0.138. The van der Waals surface area contributed by atoms with Crippen LogP contribution in [0.4, 0.5) is 10.6 Å². The van der Waals surface area contributed by atoms with E-state index in [1.165, 1.54) is 28.2 Å². The molecule has 1 aromatic carbocycles. The number of hydrogen-bond acceptors (Lipinski definition) is 9. The van der Waals surface area contributed by atoms with Gasteiger partial charge < -0.3 is 34.7 Å². The number of nitrogens with one attached hydrogen (secondary N) is 2. The largest absolute Gasteiger partial charge is 0.481 e. The van der Waals surface area contributed by atoms with Gasteiger partial charge in [0.05, 0.1) is 12.9 Å². The minimum atomic E-state index is -1.18. The van der Waals surface area contributed by atoms with Crippen LogP contribution >= 0.6 is 0 Å². The van der Waals surface area contributed by atoms with Gasteiger partial charge in [0.15, 0.2) is 11.6 Å². The van der Waals surface area contributed by atoms with Crippen LogP contribution in [0.3, 0.4) is 0 Å². The molecule has 4 amide bonds. The minimum absolute atomic E-state index is 0.0129. The quantitative estimate of drug-likeness (QED) is 0.322. The van der Waals surface area contributed by atoms with Crippen molar-refractivity contribution >= 4 is 35.6 Å². The van der Waals surface area contributed by atoms with Gasteiger partial charge in [-0.2, -0.15) is 0 Å². The van der Waals surface area contributed by atoms with E-state index < -0.39 is 35.8 Å². The molecule has 0 spiro atoms. The molecule has 3 aromatic rings. The SMILES string of the molecule is CCOC(=O)N1CCN(C(=O)C(CCC(=O)O)NC(=O)c2cc(NC(=O)c3ccco3)nc(-c3ccccc3)n2)CC1. The zero-order chi connectivity index (χ0) is 30.1. The minimum Gasteiger partial charge on any atom is -0.481 e. The monoisotopic (exact) mass is 578 g/mol. The van der Waals surface area contributed by atoms with Crippen LogP contribution in [0.5, 0.6) is 0 Å². The first kappa shape index (κ1) is 29.7. The van der Waals surface area contributed by atoms with E-state index in [0.29, 0.717) is 5.56 Å². The highest BCUT2D eigenvalue weighted by Gasteiger charge is 2.31. The van der Waals surface area contributed by atoms with Crippen molar-refractivity contribution in [2.75, 3.05) is 38.1 Å². The molecule has 42 heavy (non-hydrogen) atoms. The summed E-state index contributed by atoms with van der Waals surface area (Å²) < 4.78 is 10.1. The third-order valence-corrected chi connectivity index (χ3v) is 6.34. The van der Waals surface area contributed by atoms with E-state index in [9.17, 15) is 29.1 Å². The van der Waals surface area contributed by atoms with Gasteiger partial charge in [-0.3, -0.25) is 19.2 Å². The second-order valence-electron chi connectivity index (χ2n) is 9.23. The Balaban J connectivity index is 1.55. The van der Waals surface area contributed by atoms with Crippen molar-refractivity contribution in [3.8, 4) is 11.4 Å². The Kier molecular flexibility index (Phi) is 9.81. The summed E-state index contributed by atoms with van der Waals surface area (Å²) in [6.07, 6.45) is 0.321. The molecule has 3 heterocycles. The average molecular weight is 579 g/mol. The molecule has 220 valence electrons. The van der Waals surface area contributed by atoms with Crippen molar-refractivity contribution in [3.05, 3.63) is 66.2 Å². The van der Waals surface area contributed by atoms with Crippen LogP contribution in [-0.4, -0.2) is 93.5 Å². The van der Waals surface area contributed by atoms with Crippen LogP contribution in [-0.2, 0) is 14.3 Å². The summed E-state index contributed by atoms with van der Waals surface area (Å²) in [4.78, 5) is 74.4. The predicted molar refractivity (Wildman–Crippen MR) is 147 cm³/mol. The predicted octanol–water partition coefficient (Wildman–Crippen LogP) is 2.25. The lowest BCUT2D eigenvalue weighted by Gasteiger charge is -2.35. The molecule has 1 fully saturated rings. The summed E-state index contributed by atoms with van der Waals surface area (Å²) in [5.41, 5.74) is 0.414. The van der Waals surface area contributed by atoms with Gasteiger partial charge in [-0.25, -0.2) is 14.8 Å². The fourth-order valence-corrected chi connectivity index (χ4v) is 4.23. The summed E-state index contributed by atoms with van der Waals surface area (Å²) in [6, 6.07) is 11.9. The molecular formula is C28H30N6O8. The van der Waals surface area contributed by atoms with E-state index in [0.717, 1.165) is 0 Å². The zero-order valence-electron chi connectivity index (χ0n) is 22.8. The van der Waals surface area contributed by atoms with E-state index in [2.05, 4.69) is 20.6 Å². The molecule has 1 atom stereocenters. The number of carbonyl (C=O) groups is 5. The maximum Gasteiger partial charge on any atom is 0.409 e. The topological polar surface area (TPSA) is 184 Å². The molecular weight excluding hydrogens is 548 g/mol. The van der Waals surface area contributed by atoms with Crippen LogP contribution < -0.4 is 10.6 Å². The van der Waals surface area contributed by atoms with Crippen LogP contribution in [0, 0.1) is 0 Å². The first-order valence-corrected chi connectivity index (χ1v) is 13.3. The van der Waals surface area contributed by atoms with Crippen LogP contribution in [0.2, 0.25) is 0 Å². The summed E-state index contributed by atoms with van der Waals surface area (Å²) in [5.74, 6) is -2.80. The summed E-state index contributed by atoms with van der Waals surface area (Å²) >= 11 is 0. The maximum atomic E-state index is 13.4. The number of ether oxygens (including phenoxy) is 1. The Morgan fingerprint density at radius 2 is 1.69 bits per heavy atom. The van der Waals surface area contributed by atoms with Crippen molar-refractivity contribution < 1.29 is 38.2 Å². The third-order valence-electron chi connectivity index (χ3n) is 6.34. The highest BCUT2D eigenvalue weighted by atomic mass is 16.6. The molecule has 4 rings (SSSR count). The molecule has 0 aliphatic carbocycles. The van der Waals surface area contributed by atoms with Gasteiger partial charge in [0, 0.05) is 44.2 Å². The number of carboxylic acids is 1. The number of anilines is 1. The Hall–Kier alpha value is -5.27. The number of aliphatic carboxylic acids is 1. The number of piperazine rings is 1. The first-order valence-electron chi connectivity index (χ1n) is 13.3. The smallest absolute Gasteiger partial charge is 0.409 e. The van der Waals surface area contributed by atoms with Gasteiger partial charge >= 0.3 is 12.1 Å². The van der Waals surface area contributed by atoms with Crippen molar-refractivity contribution in [1.29, 1.82) is 0 Å². The average Bonchev–Trinajstić information content (AvgIpc) is 3.55. The number of furan rings is 1. The third kappa shape index (κ3) is 7.68. The summed E-state index contributed by atoms with van der Waals surface area (Å²) in [7, 11) is 0. The fraction of sp³-hybridized carbons (Fsp3) is 0.321. The number of carboxylic acid groups (broad SMARTS) is 1. The van der Waals surface area contributed by atoms with E-state index in [-0.39, 0.29) is 68.7 Å². The van der Waals surface area contributed by atoms with E-state index in [1.807, 2.05) is 0 Å². The summed E-state index contributed by atoms with van der Waals surface area (Å²) in [5, 5.41) is 14.4. The van der Waals surface area contributed by atoms with Crippen molar-refractivity contribution in [2.45, 2.75) is 25.8 Å². The second kappa shape index (κ2) is 13.9. The van der Waals surface area contributed by atoms with Crippen molar-refractivity contribution in [3.63, 3.8) is 0 Å². The molecule has 1 aliphatic heterocycles. The molecule has 0 saturated carbocycles. The molecule has 3 N–H and O–H groups in total. The fourth-order valence-electron chi connectivity index (χ4n) is 4.23. The first-order chi connectivity index (χ1) is 20.2. The van der Waals surface area contributed by atoms with E-state index in [4.69, 9.17) is 9.15 Å². The molecule has 0 radical (unpaired) electrons. The van der Waals surface area contributed by atoms with E-state index >= 15 is 0 Å².